The first kappa shape index (κ1) is 15.9. The van der Waals surface area contributed by atoms with Gasteiger partial charge in [-0.2, -0.15) is 0 Å². The zero-order chi connectivity index (χ0) is 13.5. The van der Waals surface area contributed by atoms with Gasteiger partial charge in [0.15, 0.2) is 0 Å². The van der Waals surface area contributed by atoms with Gasteiger partial charge < -0.3 is 15.5 Å². The van der Waals surface area contributed by atoms with Crippen molar-refractivity contribution < 1.29 is 19.8 Å². The summed E-state index contributed by atoms with van der Waals surface area (Å²) in [6.45, 7) is 6.14. The van der Waals surface area contributed by atoms with Gasteiger partial charge in [0, 0.05) is 12.5 Å². The van der Waals surface area contributed by atoms with Gasteiger partial charge in [0.25, 0.3) is 0 Å². The van der Waals surface area contributed by atoms with Crippen LogP contribution in [0.1, 0.15) is 46.5 Å². The summed E-state index contributed by atoms with van der Waals surface area (Å²) in [5.74, 6) is -1.58. The van der Waals surface area contributed by atoms with E-state index in [-0.39, 0.29) is 12.5 Å². The highest BCUT2D eigenvalue weighted by Gasteiger charge is 2.32. The van der Waals surface area contributed by atoms with Gasteiger partial charge in [-0.15, -0.1) is 0 Å². The fraction of sp³-hybridized carbons (Fsp3) is 0.833. The van der Waals surface area contributed by atoms with E-state index in [1.54, 1.807) is 6.92 Å². The van der Waals surface area contributed by atoms with Gasteiger partial charge in [0.2, 0.25) is 0 Å². The molecule has 2 atom stereocenters. The van der Waals surface area contributed by atoms with Gasteiger partial charge in [-0.3, -0.25) is 9.59 Å². The minimum absolute atomic E-state index is 0.0739. The first-order valence-electron chi connectivity index (χ1n) is 6.00. The molecule has 0 aromatic rings. The van der Waals surface area contributed by atoms with E-state index in [2.05, 4.69) is 5.32 Å². The molecule has 5 nitrogen and oxygen atoms in total. The Morgan fingerprint density at radius 1 is 1.35 bits per heavy atom. The van der Waals surface area contributed by atoms with E-state index in [0.717, 1.165) is 0 Å². The smallest absolute Gasteiger partial charge is 0.309 e. The van der Waals surface area contributed by atoms with E-state index in [0.29, 0.717) is 25.8 Å². The Balaban J connectivity index is 3.95. The summed E-state index contributed by atoms with van der Waals surface area (Å²) >= 11 is 0. The van der Waals surface area contributed by atoms with Gasteiger partial charge in [-0.05, 0) is 39.7 Å². The molecule has 2 unspecified atom stereocenters. The molecule has 0 saturated heterocycles. The van der Waals surface area contributed by atoms with Crippen molar-refractivity contribution in [3.63, 3.8) is 0 Å². The van der Waals surface area contributed by atoms with Crippen LogP contribution in [0.2, 0.25) is 0 Å². The molecule has 0 aliphatic heterocycles. The summed E-state index contributed by atoms with van der Waals surface area (Å²) in [6.07, 6.45) is 1.84. The third-order valence-corrected chi connectivity index (χ3v) is 3.11. The molecule has 0 aromatic heterocycles. The van der Waals surface area contributed by atoms with Crippen LogP contribution >= 0.6 is 0 Å². The van der Waals surface area contributed by atoms with Crippen molar-refractivity contribution in [2.24, 2.45) is 5.41 Å². The van der Waals surface area contributed by atoms with E-state index in [1.165, 1.54) is 0 Å². The van der Waals surface area contributed by atoms with Crippen molar-refractivity contribution in [1.82, 2.24) is 5.32 Å². The summed E-state index contributed by atoms with van der Waals surface area (Å²) in [5, 5.41) is 20.7. The predicted octanol–water partition coefficient (Wildman–Crippen LogP) is 1.72. The summed E-state index contributed by atoms with van der Waals surface area (Å²) in [5.41, 5.74) is -0.709. The van der Waals surface area contributed by atoms with Crippen LogP contribution in [-0.2, 0) is 9.59 Å². The van der Waals surface area contributed by atoms with Gasteiger partial charge in [-0.25, -0.2) is 0 Å². The third-order valence-electron chi connectivity index (χ3n) is 3.11. The highest BCUT2D eigenvalue weighted by Crippen LogP contribution is 2.27. The summed E-state index contributed by atoms with van der Waals surface area (Å²) in [4.78, 5) is 21.4. The molecule has 0 fully saturated rings. The summed E-state index contributed by atoms with van der Waals surface area (Å²) in [6, 6.07) is 0.0739. The molecule has 5 heteroatoms. The summed E-state index contributed by atoms with van der Waals surface area (Å²) in [7, 11) is 0. The topological polar surface area (TPSA) is 86.6 Å². The largest absolute Gasteiger partial charge is 0.481 e. The quantitative estimate of drug-likeness (QED) is 0.538. The maximum absolute atomic E-state index is 11.1. The van der Waals surface area contributed by atoms with Crippen LogP contribution in [0.5, 0.6) is 0 Å². The van der Waals surface area contributed by atoms with Crippen molar-refractivity contribution >= 4 is 11.9 Å². The molecule has 100 valence electrons. The molecule has 17 heavy (non-hydrogen) atoms. The van der Waals surface area contributed by atoms with E-state index in [9.17, 15) is 9.59 Å². The molecule has 0 aliphatic rings. The average molecular weight is 245 g/mol. The normalized spacial score (nSPS) is 16.2. The third kappa shape index (κ3) is 6.26. The Labute approximate surface area is 102 Å². The maximum Gasteiger partial charge on any atom is 0.309 e. The van der Waals surface area contributed by atoms with Crippen molar-refractivity contribution in [3.8, 4) is 0 Å². The highest BCUT2D eigenvalue weighted by atomic mass is 16.4. The highest BCUT2D eigenvalue weighted by molar-refractivity contribution is 5.74. The maximum atomic E-state index is 11.1. The Morgan fingerprint density at radius 2 is 1.94 bits per heavy atom. The molecule has 0 amide bonds. The monoisotopic (exact) mass is 245 g/mol. The lowest BCUT2D eigenvalue weighted by Crippen LogP contribution is -2.37. The molecule has 0 rings (SSSR count). The first-order chi connectivity index (χ1) is 7.81. The average Bonchev–Trinajstić information content (AvgIpc) is 2.23. The minimum Gasteiger partial charge on any atom is -0.481 e. The van der Waals surface area contributed by atoms with Crippen molar-refractivity contribution in [2.75, 3.05) is 6.54 Å². The molecule has 0 saturated carbocycles. The lowest BCUT2D eigenvalue weighted by atomic mass is 9.81. The van der Waals surface area contributed by atoms with Gasteiger partial charge in [0.1, 0.15) is 0 Å². The fourth-order valence-electron chi connectivity index (χ4n) is 1.72. The molecule has 0 radical (unpaired) electrons. The van der Waals surface area contributed by atoms with E-state index in [4.69, 9.17) is 10.2 Å². The Kier molecular flexibility index (Phi) is 6.80. The second-order valence-corrected chi connectivity index (χ2v) is 4.78. The Bertz CT molecular complexity index is 267. The van der Waals surface area contributed by atoms with Gasteiger partial charge in [-0.1, -0.05) is 6.92 Å². The van der Waals surface area contributed by atoms with Crippen molar-refractivity contribution in [3.05, 3.63) is 0 Å². The molecule has 0 bridgehead atoms. The van der Waals surface area contributed by atoms with Crippen LogP contribution in [0.4, 0.5) is 0 Å². The van der Waals surface area contributed by atoms with Crippen molar-refractivity contribution in [1.29, 1.82) is 0 Å². The number of aliphatic carboxylic acids is 2. The second-order valence-electron chi connectivity index (χ2n) is 4.78. The zero-order valence-corrected chi connectivity index (χ0v) is 10.8. The van der Waals surface area contributed by atoms with E-state index >= 15 is 0 Å². The molecule has 3 N–H and O–H groups in total. The Hall–Kier alpha value is -1.10. The number of nitrogens with one attached hydrogen (secondary N) is 1. The number of hydrogen-bond acceptors (Lipinski definition) is 3. The number of rotatable bonds is 9. The number of carboxylic acids is 2. The van der Waals surface area contributed by atoms with Crippen LogP contribution in [0.15, 0.2) is 0 Å². The molecule has 0 heterocycles. The van der Waals surface area contributed by atoms with Gasteiger partial charge in [0.05, 0.1) is 5.41 Å². The first-order valence-corrected chi connectivity index (χ1v) is 6.00. The molecule has 0 aliphatic carbocycles. The molecule has 0 aromatic carbocycles. The minimum atomic E-state index is -0.802. The van der Waals surface area contributed by atoms with Crippen LogP contribution < -0.4 is 5.32 Å². The van der Waals surface area contributed by atoms with E-state index < -0.39 is 17.4 Å². The standard InChI is InChI=1S/C12H23NO4/c1-4-12(3,11(16)17)8-9(2)13-7-5-6-10(14)15/h9,13H,4-8H2,1-3H3,(H,14,15)(H,16,17). The number of hydrogen-bond donors (Lipinski definition) is 3. The van der Waals surface area contributed by atoms with Crippen molar-refractivity contribution in [2.45, 2.75) is 52.5 Å². The SMILES string of the molecule is CCC(C)(CC(C)NCCCC(=O)O)C(=O)O. The molecule has 0 spiro atoms. The number of carboxylic acid groups (broad SMARTS) is 2. The van der Waals surface area contributed by atoms with Crippen LogP contribution in [-0.4, -0.2) is 34.7 Å². The Morgan fingerprint density at radius 3 is 2.35 bits per heavy atom. The second kappa shape index (κ2) is 7.27. The molecular formula is C12H23NO4. The lowest BCUT2D eigenvalue weighted by Gasteiger charge is -2.27. The predicted molar refractivity (Wildman–Crippen MR) is 65.0 cm³/mol. The lowest BCUT2D eigenvalue weighted by molar-refractivity contribution is -0.148. The van der Waals surface area contributed by atoms with Crippen LogP contribution in [0.25, 0.3) is 0 Å². The fourth-order valence-corrected chi connectivity index (χ4v) is 1.72. The summed E-state index contributed by atoms with van der Waals surface area (Å²) < 4.78 is 0. The van der Waals surface area contributed by atoms with E-state index in [1.807, 2.05) is 13.8 Å². The van der Waals surface area contributed by atoms with Crippen LogP contribution in [0.3, 0.4) is 0 Å². The van der Waals surface area contributed by atoms with Gasteiger partial charge >= 0.3 is 11.9 Å². The molecular weight excluding hydrogens is 222 g/mol. The van der Waals surface area contributed by atoms with Crippen LogP contribution in [0, 0.1) is 5.41 Å². The number of carbonyl (C=O) groups is 2. The zero-order valence-electron chi connectivity index (χ0n) is 10.8.